The number of hydrogen-bond donors (Lipinski definition) is 1. The van der Waals surface area contributed by atoms with Crippen LogP contribution in [0.3, 0.4) is 0 Å². The second-order valence-corrected chi connectivity index (χ2v) is 6.30. The predicted octanol–water partition coefficient (Wildman–Crippen LogP) is 4.47. The van der Waals surface area contributed by atoms with Crippen LogP contribution in [0.4, 0.5) is 5.13 Å². The number of anilines is 1. The van der Waals surface area contributed by atoms with Crippen LogP contribution in [0.15, 0.2) is 46.6 Å². The van der Waals surface area contributed by atoms with Gasteiger partial charge in [-0.1, -0.05) is 12.1 Å². The third-order valence-electron chi connectivity index (χ3n) is 2.36. The van der Waals surface area contributed by atoms with Crippen molar-refractivity contribution < 1.29 is 0 Å². The van der Waals surface area contributed by atoms with Crippen LogP contribution in [0, 0.1) is 0 Å². The summed E-state index contributed by atoms with van der Waals surface area (Å²) >= 11 is 5.18. The van der Waals surface area contributed by atoms with E-state index >= 15 is 0 Å². The van der Waals surface area contributed by atoms with E-state index in [1.807, 2.05) is 11.6 Å². The molecule has 1 N–H and O–H groups in total. The SMILES string of the molecule is c1csc(C(Nc2nccs2)c2cccs2)c1. The van der Waals surface area contributed by atoms with Gasteiger partial charge in [0.05, 0.1) is 6.04 Å². The number of nitrogens with zero attached hydrogens (tertiary/aromatic N) is 1. The van der Waals surface area contributed by atoms with Crippen LogP contribution in [-0.4, -0.2) is 4.98 Å². The van der Waals surface area contributed by atoms with Gasteiger partial charge < -0.3 is 5.32 Å². The van der Waals surface area contributed by atoms with E-state index in [4.69, 9.17) is 0 Å². The molecule has 0 aliphatic rings. The summed E-state index contributed by atoms with van der Waals surface area (Å²) in [6.07, 6.45) is 1.83. The second kappa shape index (κ2) is 5.00. The topological polar surface area (TPSA) is 24.9 Å². The van der Waals surface area contributed by atoms with Crippen LogP contribution >= 0.6 is 34.0 Å². The minimum atomic E-state index is 0.223. The van der Waals surface area contributed by atoms with Gasteiger partial charge in [-0.3, -0.25) is 0 Å². The Morgan fingerprint density at radius 1 is 0.941 bits per heavy atom. The van der Waals surface area contributed by atoms with E-state index in [1.165, 1.54) is 9.75 Å². The number of hydrogen-bond acceptors (Lipinski definition) is 5. The van der Waals surface area contributed by atoms with Crippen molar-refractivity contribution >= 4 is 39.1 Å². The smallest absolute Gasteiger partial charge is 0.183 e. The molecule has 3 rings (SSSR count). The molecule has 0 radical (unpaired) electrons. The Hall–Kier alpha value is -1.17. The summed E-state index contributed by atoms with van der Waals surface area (Å²) in [6, 6.07) is 8.72. The lowest BCUT2D eigenvalue weighted by atomic mass is 10.2. The van der Waals surface area contributed by atoms with Crippen molar-refractivity contribution in [3.8, 4) is 0 Å². The summed E-state index contributed by atoms with van der Waals surface area (Å²) in [7, 11) is 0. The van der Waals surface area contributed by atoms with Crippen molar-refractivity contribution in [3.63, 3.8) is 0 Å². The molecule has 5 heteroatoms. The fourth-order valence-corrected chi connectivity index (χ4v) is 3.83. The Morgan fingerprint density at radius 3 is 2.12 bits per heavy atom. The van der Waals surface area contributed by atoms with Crippen molar-refractivity contribution in [2.24, 2.45) is 0 Å². The van der Waals surface area contributed by atoms with E-state index < -0.39 is 0 Å². The van der Waals surface area contributed by atoms with Crippen molar-refractivity contribution in [3.05, 3.63) is 56.4 Å². The Kier molecular flexibility index (Phi) is 3.22. The van der Waals surface area contributed by atoms with E-state index in [-0.39, 0.29) is 6.04 Å². The maximum absolute atomic E-state index is 4.29. The normalized spacial score (nSPS) is 10.9. The van der Waals surface area contributed by atoms with Crippen LogP contribution < -0.4 is 5.32 Å². The number of nitrogens with one attached hydrogen (secondary N) is 1. The molecule has 0 bridgehead atoms. The number of thiazole rings is 1. The molecule has 0 atom stereocenters. The fourth-order valence-electron chi connectivity index (χ4n) is 1.61. The number of aromatic nitrogens is 1. The predicted molar refractivity (Wildman–Crippen MR) is 76.2 cm³/mol. The minimum Gasteiger partial charge on any atom is -0.349 e. The molecule has 0 aromatic carbocycles. The molecule has 0 aliphatic heterocycles. The van der Waals surface area contributed by atoms with E-state index in [0.717, 1.165) is 5.13 Å². The van der Waals surface area contributed by atoms with Crippen LogP contribution in [0.5, 0.6) is 0 Å². The highest BCUT2D eigenvalue weighted by Gasteiger charge is 2.16. The summed E-state index contributed by atoms with van der Waals surface area (Å²) < 4.78 is 0. The monoisotopic (exact) mass is 278 g/mol. The van der Waals surface area contributed by atoms with Crippen LogP contribution in [0.25, 0.3) is 0 Å². The number of rotatable bonds is 4. The van der Waals surface area contributed by atoms with Gasteiger partial charge in [-0.2, -0.15) is 0 Å². The largest absolute Gasteiger partial charge is 0.349 e. The third kappa shape index (κ3) is 2.41. The summed E-state index contributed by atoms with van der Waals surface area (Å²) in [6.45, 7) is 0. The van der Waals surface area contributed by atoms with Crippen molar-refractivity contribution in [2.75, 3.05) is 5.32 Å². The Labute approximate surface area is 112 Å². The lowest BCUT2D eigenvalue weighted by Crippen LogP contribution is -2.09. The zero-order chi connectivity index (χ0) is 11.5. The molecule has 3 aromatic heterocycles. The minimum absolute atomic E-state index is 0.223. The second-order valence-electron chi connectivity index (χ2n) is 3.45. The first-order chi connectivity index (χ1) is 8.43. The van der Waals surface area contributed by atoms with E-state index in [9.17, 15) is 0 Å². The third-order valence-corrected chi connectivity index (χ3v) is 4.93. The van der Waals surface area contributed by atoms with E-state index in [1.54, 1.807) is 34.0 Å². The molecule has 0 spiro atoms. The van der Waals surface area contributed by atoms with E-state index in [2.05, 4.69) is 45.3 Å². The van der Waals surface area contributed by atoms with Gasteiger partial charge in [0.15, 0.2) is 5.13 Å². The van der Waals surface area contributed by atoms with Crippen LogP contribution in [-0.2, 0) is 0 Å². The molecule has 0 saturated carbocycles. The van der Waals surface area contributed by atoms with Gasteiger partial charge in [0.25, 0.3) is 0 Å². The van der Waals surface area contributed by atoms with Crippen LogP contribution in [0.1, 0.15) is 15.8 Å². The van der Waals surface area contributed by atoms with Gasteiger partial charge in [-0.25, -0.2) is 4.98 Å². The highest BCUT2D eigenvalue weighted by atomic mass is 32.1. The Morgan fingerprint density at radius 2 is 1.65 bits per heavy atom. The Balaban J connectivity index is 1.92. The molecule has 3 aromatic rings. The first-order valence-corrected chi connectivity index (χ1v) is 7.80. The molecule has 0 aliphatic carbocycles. The lowest BCUT2D eigenvalue weighted by Gasteiger charge is -2.15. The summed E-state index contributed by atoms with van der Waals surface area (Å²) in [5.74, 6) is 0. The highest BCUT2D eigenvalue weighted by Crippen LogP contribution is 2.32. The standard InChI is InChI=1S/C12H10N2S3/c1-3-9(15-6-1)11(10-4-2-7-16-10)14-12-13-5-8-17-12/h1-8,11H,(H,13,14). The zero-order valence-electron chi connectivity index (χ0n) is 8.87. The Bertz CT molecular complexity index is 506. The summed E-state index contributed by atoms with van der Waals surface area (Å²) in [5.41, 5.74) is 0. The molecule has 0 amide bonds. The molecule has 17 heavy (non-hydrogen) atoms. The van der Waals surface area contributed by atoms with Gasteiger partial charge in [-0.15, -0.1) is 34.0 Å². The average molecular weight is 278 g/mol. The average Bonchev–Trinajstić information content (AvgIpc) is 3.09. The molecule has 86 valence electrons. The van der Waals surface area contributed by atoms with Crippen LogP contribution in [0.2, 0.25) is 0 Å². The number of thiophene rings is 2. The molecule has 0 saturated heterocycles. The van der Waals surface area contributed by atoms with Gasteiger partial charge in [0.1, 0.15) is 0 Å². The quantitative estimate of drug-likeness (QED) is 0.761. The van der Waals surface area contributed by atoms with Gasteiger partial charge in [0.2, 0.25) is 0 Å². The summed E-state index contributed by atoms with van der Waals surface area (Å²) in [5, 5.41) is 10.7. The van der Waals surface area contributed by atoms with Gasteiger partial charge in [0, 0.05) is 21.3 Å². The molecular formula is C12H10N2S3. The first kappa shape index (κ1) is 11.0. The molecular weight excluding hydrogens is 268 g/mol. The first-order valence-electron chi connectivity index (χ1n) is 5.16. The maximum Gasteiger partial charge on any atom is 0.183 e. The summed E-state index contributed by atoms with van der Waals surface area (Å²) in [4.78, 5) is 6.94. The fraction of sp³-hybridized carbons (Fsp3) is 0.0833. The molecule has 0 unspecified atom stereocenters. The lowest BCUT2D eigenvalue weighted by molar-refractivity contribution is 0.987. The van der Waals surface area contributed by atoms with Crippen molar-refractivity contribution in [2.45, 2.75) is 6.04 Å². The van der Waals surface area contributed by atoms with Gasteiger partial charge in [-0.05, 0) is 22.9 Å². The van der Waals surface area contributed by atoms with Crippen molar-refractivity contribution in [1.82, 2.24) is 4.98 Å². The highest BCUT2D eigenvalue weighted by molar-refractivity contribution is 7.14. The molecule has 0 fully saturated rings. The van der Waals surface area contributed by atoms with E-state index in [0.29, 0.717) is 0 Å². The maximum atomic E-state index is 4.29. The van der Waals surface area contributed by atoms with Gasteiger partial charge >= 0.3 is 0 Å². The zero-order valence-corrected chi connectivity index (χ0v) is 11.3. The van der Waals surface area contributed by atoms with Crippen molar-refractivity contribution in [1.29, 1.82) is 0 Å². The molecule has 2 nitrogen and oxygen atoms in total. The molecule has 3 heterocycles.